The fourth-order valence-corrected chi connectivity index (χ4v) is 4.37. The first-order valence-corrected chi connectivity index (χ1v) is 9.07. The Hall–Kier alpha value is -1.62. The van der Waals surface area contributed by atoms with Crippen LogP contribution in [0.15, 0.2) is 22.8 Å². The molecule has 6 heteroatoms. The van der Waals surface area contributed by atoms with Crippen LogP contribution in [0.2, 0.25) is 0 Å². The van der Waals surface area contributed by atoms with Crippen LogP contribution in [0.3, 0.4) is 0 Å². The topological polar surface area (TPSA) is 69.7 Å². The maximum Gasteiger partial charge on any atom is 0.321 e. The molecule has 0 bridgehead atoms. The van der Waals surface area contributed by atoms with Crippen molar-refractivity contribution in [3.63, 3.8) is 0 Å². The van der Waals surface area contributed by atoms with Gasteiger partial charge in [0.1, 0.15) is 18.6 Å². The highest BCUT2D eigenvalue weighted by molar-refractivity contribution is 6.26. The molecule has 1 saturated carbocycles. The number of Topliss-reactive ketones (excluding diaryl/α,β-unsaturated/α-hetero) is 1. The van der Waals surface area contributed by atoms with Crippen molar-refractivity contribution in [2.45, 2.75) is 46.6 Å². The number of carbonyl (C=O) groups is 3. The lowest BCUT2D eigenvalue weighted by Crippen LogP contribution is -2.40. The molecule has 1 fully saturated rings. The Morgan fingerprint density at radius 3 is 2.52 bits per heavy atom. The van der Waals surface area contributed by atoms with Gasteiger partial charge in [-0.1, -0.05) is 18.6 Å². The van der Waals surface area contributed by atoms with E-state index in [2.05, 4.69) is 0 Å². The van der Waals surface area contributed by atoms with Gasteiger partial charge in [-0.05, 0) is 26.7 Å². The van der Waals surface area contributed by atoms with Crippen molar-refractivity contribution in [1.29, 1.82) is 0 Å². The molecule has 0 saturated heterocycles. The van der Waals surface area contributed by atoms with Crippen LogP contribution < -0.4 is 0 Å². The number of ketones is 1. The Bertz CT molecular complexity index is 715. The van der Waals surface area contributed by atoms with E-state index in [4.69, 9.17) is 21.1 Å². The second-order valence-corrected chi connectivity index (χ2v) is 7.90. The Morgan fingerprint density at radius 1 is 1.36 bits per heavy atom. The zero-order valence-electron chi connectivity index (χ0n) is 15.0. The highest BCUT2D eigenvalue weighted by Crippen LogP contribution is 2.64. The predicted molar refractivity (Wildman–Crippen MR) is 92.0 cm³/mol. The molecule has 5 nitrogen and oxygen atoms in total. The van der Waals surface area contributed by atoms with Gasteiger partial charge in [0.2, 0.25) is 0 Å². The molecule has 3 atom stereocenters. The lowest BCUT2D eigenvalue weighted by atomic mass is 9.70. The smallest absolute Gasteiger partial charge is 0.321 e. The fraction of sp³-hybridized carbons (Fsp3) is 0.632. The molecule has 0 radical (unpaired) electrons. The minimum Gasteiger partial charge on any atom is -0.465 e. The predicted octanol–water partition coefficient (Wildman–Crippen LogP) is 2.96. The number of carbonyl (C=O) groups excluding carboxylic acids is 3. The summed E-state index contributed by atoms with van der Waals surface area (Å²) in [6.07, 6.45) is 3.09. The van der Waals surface area contributed by atoms with E-state index in [-0.39, 0.29) is 29.6 Å². The molecule has 0 aromatic rings. The molecular weight excluding hydrogens is 344 g/mol. The molecule has 0 aliphatic heterocycles. The lowest BCUT2D eigenvalue weighted by Gasteiger charge is -2.35. The van der Waals surface area contributed by atoms with E-state index >= 15 is 0 Å². The lowest BCUT2D eigenvalue weighted by molar-refractivity contribution is -0.153. The fourth-order valence-electron chi connectivity index (χ4n) is 4.31. The summed E-state index contributed by atoms with van der Waals surface area (Å²) in [5.74, 6) is -1.23. The molecule has 0 aromatic carbocycles. The first kappa shape index (κ1) is 18.2. The van der Waals surface area contributed by atoms with Crippen molar-refractivity contribution in [1.82, 2.24) is 0 Å². The highest BCUT2D eigenvalue weighted by atomic mass is 35.5. The number of ether oxygens (including phenoxy) is 2. The third-order valence-corrected chi connectivity index (χ3v) is 6.22. The van der Waals surface area contributed by atoms with E-state index in [0.29, 0.717) is 5.57 Å². The second-order valence-electron chi connectivity index (χ2n) is 7.63. The normalized spacial score (nSPS) is 32.4. The summed E-state index contributed by atoms with van der Waals surface area (Å²) in [6.45, 7) is 7.20. The number of halogens is 1. The molecule has 136 valence electrons. The number of esters is 2. The van der Waals surface area contributed by atoms with E-state index in [1.54, 1.807) is 0 Å². The molecule has 0 aromatic heterocycles. The van der Waals surface area contributed by atoms with Gasteiger partial charge in [0.25, 0.3) is 0 Å². The molecule has 3 aliphatic carbocycles. The number of rotatable bonds is 4. The Kier molecular flexibility index (Phi) is 4.34. The third-order valence-electron chi connectivity index (χ3n) is 6.00. The first-order chi connectivity index (χ1) is 11.7. The van der Waals surface area contributed by atoms with Crippen molar-refractivity contribution >= 4 is 29.3 Å². The van der Waals surface area contributed by atoms with E-state index in [1.807, 2.05) is 26.8 Å². The van der Waals surface area contributed by atoms with Gasteiger partial charge >= 0.3 is 11.9 Å². The van der Waals surface area contributed by atoms with Crippen molar-refractivity contribution in [2.75, 3.05) is 12.5 Å². The monoisotopic (exact) mass is 366 g/mol. The number of hydrogen-bond donors (Lipinski definition) is 0. The number of alkyl halides is 1. The number of hydrogen-bond acceptors (Lipinski definition) is 5. The minimum atomic E-state index is -0.783. The summed E-state index contributed by atoms with van der Waals surface area (Å²) in [6, 6.07) is 0. The van der Waals surface area contributed by atoms with Gasteiger partial charge in [0, 0.05) is 29.4 Å². The second kappa shape index (κ2) is 5.97. The van der Waals surface area contributed by atoms with E-state index in [0.717, 1.165) is 24.0 Å². The quantitative estimate of drug-likeness (QED) is 0.565. The standard InChI is InChI=1S/C19H23ClO5/c1-10-15-13(16(23)11(2)19(10)5-6-19)7-18(4,9-24-12(3)21)17(15)25-14(22)8-20/h7,11,17H,5-6,8-9H2,1-4H3/t11-,17?,18?/m1/s1. The summed E-state index contributed by atoms with van der Waals surface area (Å²) in [5.41, 5.74) is 1.61. The molecule has 25 heavy (non-hydrogen) atoms. The Labute approximate surface area is 152 Å². The Balaban J connectivity index is 2.08. The maximum atomic E-state index is 13.0. The summed E-state index contributed by atoms with van der Waals surface area (Å²) in [4.78, 5) is 36.1. The summed E-state index contributed by atoms with van der Waals surface area (Å²) >= 11 is 5.62. The molecule has 3 aliphatic rings. The van der Waals surface area contributed by atoms with Gasteiger partial charge in [0.05, 0.1) is 5.41 Å². The number of fused-ring (bicyclic) bond motifs is 1. The third kappa shape index (κ3) is 2.73. The average Bonchev–Trinajstić information content (AvgIpc) is 3.32. The van der Waals surface area contributed by atoms with Crippen LogP contribution >= 0.6 is 11.6 Å². The summed E-state index contributed by atoms with van der Waals surface area (Å²) in [5, 5.41) is 0. The van der Waals surface area contributed by atoms with E-state index < -0.39 is 23.5 Å². The van der Waals surface area contributed by atoms with Gasteiger partial charge < -0.3 is 9.47 Å². The largest absolute Gasteiger partial charge is 0.465 e. The van der Waals surface area contributed by atoms with Crippen LogP contribution in [0.25, 0.3) is 0 Å². The molecule has 1 spiro atoms. The van der Waals surface area contributed by atoms with Gasteiger partial charge in [-0.2, -0.15) is 0 Å². The SMILES string of the molecule is CC(=O)OCC1(C)C=C2C(=O)[C@@H](C)C3(CC3)C(C)=C2C1OC(=O)CCl. The van der Waals surface area contributed by atoms with Crippen LogP contribution in [0, 0.1) is 16.7 Å². The van der Waals surface area contributed by atoms with Gasteiger partial charge in [-0.15, -0.1) is 11.6 Å². The molecule has 2 unspecified atom stereocenters. The zero-order valence-corrected chi connectivity index (χ0v) is 15.7. The van der Waals surface area contributed by atoms with E-state index in [1.165, 1.54) is 6.92 Å². The molecule has 0 amide bonds. The molecule has 0 N–H and O–H groups in total. The van der Waals surface area contributed by atoms with Crippen LogP contribution in [0.4, 0.5) is 0 Å². The minimum absolute atomic E-state index is 0.0392. The van der Waals surface area contributed by atoms with Crippen molar-refractivity contribution < 1.29 is 23.9 Å². The van der Waals surface area contributed by atoms with E-state index in [9.17, 15) is 14.4 Å². The van der Waals surface area contributed by atoms with Crippen molar-refractivity contribution in [3.8, 4) is 0 Å². The molecular formula is C19H23ClO5. The van der Waals surface area contributed by atoms with Gasteiger partial charge in [-0.3, -0.25) is 14.4 Å². The summed E-state index contributed by atoms with van der Waals surface area (Å²) in [7, 11) is 0. The number of allylic oxidation sites excluding steroid dienone is 1. The van der Waals surface area contributed by atoms with Crippen molar-refractivity contribution in [2.24, 2.45) is 16.7 Å². The zero-order chi connectivity index (χ0) is 18.6. The van der Waals surface area contributed by atoms with Crippen molar-refractivity contribution in [3.05, 3.63) is 22.8 Å². The molecule has 0 heterocycles. The van der Waals surface area contributed by atoms with Crippen LogP contribution in [0.5, 0.6) is 0 Å². The van der Waals surface area contributed by atoms with Gasteiger partial charge in [0.15, 0.2) is 5.78 Å². The van der Waals surface area contributed by atoms with Gasteiger partial charge in [-0.25, -0.2) is 0 Å². The summed E-state index contributed by atoms with van der Waals surface area (Å²) < 4.78 is 10.8. The highest BCUT2D eigenvalue weighted by Gasteiger charge is 2.60. The van der Waals surface area contributed by atoms with Crippen LogP contribution in [0.1, 0.15) is 40.5 Å². The maximum absolute atomic E-state index is 13.0. The molecule has 3 rings (SSSR count). The average molecular weight is 367 g/mol. The first-order valence-electron chi connectivity index (χ1n) is 8.54. The van der Waals surface area contributed by atoms with Crippen LogP contribution in [-0.2, 0) is 23.9 Å². The Morgan fingerprint density at radius 2 is 2.00 bits per heavy atom. The van der Waals surface area contributed by atoms with Crippen LogP contribution in [-0.4, -0.2) is 36.3 Å².